The summed E-state index contributed by atoms with van der Waals surface area (Å²) in [6.45, 7) is 0.775. The third-order valence-corrected chi connectivity index (χ3v) is 3.03. The van der Waals surface area contributed by atoms with Crippen LogP contribution in [0.1, 0.15) is 25.0 Å². The van der Waals surface area contributed by atoms with Crippen molar-refractivity contribution in [3.63, 3.8) is 0 Å². The van der Waals surface area contributed by atoms with Crippen LogP contribution in [0.4, 0.5) is 18.9 Å². The van der Waals surface area contributed by atoms with E-state index in [0.717, 1.165) is 31.9 Å². The number of nitrogens with one attached hydrogen (secondary N) is 1. The third kappa shape index (κ3) is 3.48. The smallest absolute Gasteiger partial charge is 0.384 e. The topological polar surface area (TPSA) is 24.9 Å². The molecule has 1 N–H and O–H groups in total. The van der Waals surface area contributed by atoms with Crippen molar-refractivity contribution in [2.24, 2.45) is 5.92 Å². The molecule has 18 heavy (non-hydrogen) atoms. The van der Waals surface area contributed by atoms with Gasteiger partial charge in [0.05, 0.1) is 11.9 Å². The first-order valence-corrected chi connectivity index (χ1v) is 5.98. The van der Waals surface area contributed by atoms with Crippen molar-refractivity contribution < 1.29 is 13.2 Å². The number of pyridine rings is 1. The first kappa shape index (κ1) is 12.9. The number of halogens is 3. The Morgan fingerprint density at radius 3 is 2.67 bits per heavy atom. The van der Waals surface area contributed by atoms with Crippen molar-refractivity contribution in [3.05, 3.63) is 36.2 Å². The second-order valence-electron chi connectivity index (χ2n) is 4.46. The van der Waals surface area contributed by atoms with Gasteiger partial charge in [-0.2, -0.15) is 13.2 Å². The number of rotatable bonds is 3. The van der Waals surface area contributed by atoms with Gasteiger partial charge in [0.15, 0.2) is 0 Å². The molecule has 0 bridgehead atoms. The second-order valence-corrected chi connectivity index (χ2v) is 4.46. The zero-order chi connectivity index (χ0) is 13.0. The summed E-state index contributed by atoms with van der Waals surface area (Å²) in [6.07, 6.45) is 4.42. The van der Waals surface area contributed by atoms with Gasteiger partial charge in [0.1, 0.15) is 5.69 Å². The maximum atomic E-state index is 12.3. The molecule has 0 fully saturated rings. The zero-order valence-corrected chi connectivity index (χ0v) is 9.87. The molecule has 0 radical (unpaired) electrons. The van der Waals surface area contributed by atoms with Crippen LogP contribution in [0.2, 0.25) is 0 Å². The summed E-state index contributed by atoms with van der Waals surface area (Å²) in [6, 6.07) is 2.43. The van der Waals surface area contributed by atoms with E-state index >= 15 is 0 Å². The van der Waals surface area contributed by atoms with Crippen LogP contribution >= 0.6 is 0 Å². The number of allylic oxidation sites excluding steroid dienone is 2. The lowest BCUT2D eigenvalue weighted by atomic mass is 9.94. The van der Waals surface area contributed by atoms with E-state index in [4.69, 9.17) is 0 Å². The Hall–Kier alpha value is -1.52. The van der Waals surface area contributed by atoms with E-state index in [0.29, 0.717) is 11.6 Å². The number of hydrogen-bond acceptors (Lipinski definition) is 2. The monoisotopic (exact) mass is 256 g/mol. The molecular weight excluding hydrogens is 241 g/mol. The average molecular weight is 256 g/mol. The number of alkyl halides is 3. The Labute approximate surface area is 104 Å². The minimum absolute atomic E-state index is 0.553. The van der Waals surface area contributed by atoms with Gasteiger partial charge in [0.25, 0.3) is 0 Å². The molecule has 1 unspecified atom stereocenters. The maximum absolute atomic E-state index is 12.3. The van der Waals surface area contributed by atoms with Crippen LogP contribution in [-0.4, -0.2) is 11.5 Å². The second kappa shape index (κ2) is 5.42. The molecule has 1 atom stereocenters. The van der Waals surface area contributed by atoms with Crippen LogP contribution < -0.4 is 5.32 Å². The molecule has 1 heterocycles. The highest BCUT2D eigenvalue weighted by Crippen LogP contribution is 2.28. The van der Waals surface area contributed by atoms with Crippen LogP contribution in [0.25, 0.3) is 0 Å². The Bertz CT molecular complexity index is 409. The molecule has 1 aliphatic carbocycles. The Kier molecular flexibility index (Phi) is 3.89. The molecule has 1 aromatic rings. The molecule has 0 saturated carbocycles. The highest BCUT2D eigenvalue weighted by molar-refractivity contribution is 5.41. The van der Waals surface area contributed by atoms with Gasteiger partial charge in [-0.25, -0.2) is 4.98 Å². The molecule has 1 aliphatic rings. The highest BCUT2D eigenvalue weighted by atomic mass is 19.4. The fourth-order valence-electron chi connectivity index (χ4n) is 1.97. The summed E-state index contributed by atoms with van der Waals surface area (Å²) in [5.74, 6) is 0.553. The van der Waals surface area contributed by atoms with E-state index in [-0.39, 0.29) is 0 Å². The summed E-state index contributed by atoms with van der Waals surface area (Å²) < 4.78 is 36.9. The summed E-state index contributed by atoms with van der Waals surface area (Å²) in [5.41, 5.74) is -0.216. The normalized spacial score (nSPS) is 19.8. The minimum Gasteiger partial charge on any atom is -0.384 e. The van der Waals surface area contributed by atoms with Crippen LogP contribution in [-0.2, 0) is 6.18 Å². The van der Waals surface area contributed by atoms with Gasteiger partial charge in [-0.1, -0.05) is 12.2 Å². The summed E-state index contributed by atoms with van der Waals surface area (Å²) >= 11 is 0. The lowest BCUT2D eigenvalue weighted by molar-refractivity contribution is -0.141. The molecule has 0 aromatic carbocycles. The van der Waals surface area contributed by atoms with Gasteiger partial charge < -0.3 is 5.32 Å². The average Bonchev–Trinajstić information content (AvgIpc) is 2.37. The minimum atomic E-state index is -4.37. The van der Waals surface area contributed by atoms with Gasteiger partial charge in [-0.15, -0.1) is 0 Å². The van der Waals surface area contributed by atoms with E-state index in [1.807, 2.05) is 0 Å². The van der Waals surface area contributed by atoms with Gasteiger partial charge in [-0.3, -0.25) is 0 Å². The fraction of sp³-hybridized carbons (Fsp3) is 0.462. The van der Waals surface area contributed by atoms with Crippen molar-refractivity contribution in [2.75, 3.05) is 11.9 Å². The van der Waals surface area contributed by atoms with Crippen molar-refractivity contribution >= 4 is 5.69 Å². The van der Waals surface area contributed by atoms with Gasteiger partial charge in [0, 0.05) is 6.54 Å². The Morgan fingerprint density at radius 2 is 2.11 bits per heavy atom. The molecule has 1 aromatic heterocycles. The molecule has 2 nitrogen and oxygen atoms in total. The molecule has 0 spiro atoms. The third-order valence-electron chi connectivity index (χ3n) is 3.03. The van der Waals surface area contributed by atoms with Crippen LogP contribution in [0, 0.1) is 5.92 Å². The van der Waals surface area contributed by atoms with Crippen LogP contribution in [0.15, 0.2) is 30.5 Å². The zero-order valence-electron chi connectivity index (χ0n) is 9.87. The Morgan fingerprint density at radius 1 is 1.28 bits per heavy atom. The predicted octanol–water partition coefficient (Wildman–Crippen LogP) is 3.87. The summed E-state index contributed by atoms with van der Waals surface area (Å²) in [5, 5.41) is 3.13. The van der Waals surface area contributed by atoms with E-state index in [1.165, 1.54) is 12.3 Å². The molecule has 0 aliphatic heterocycles. The molecule has 2 rings (SSSR count). The van der Waals surface area contributed by atoms with Crippen molar-refractivity contribution in [3.8, 4) is 0 Å². The van der Waals surface area contributed by atoms with E-state index in [9.17, 15) is 13.2 Å². The quantitative estimate of drug-likeness (QED) is 0.830. The van der Waals surface area contributed by atoms with E-state index < -0.39 is 11.9 Å². The number of anilines is 1. The summed E-state index contributed by atoms with van der Waals surface area (Å²) in [7, 11) is 0. The predicted molar refractivity (Wildman–Crippen MR) is 64.2 cm³/mol. The highest BCUT2D eigenvalue weighted by Gasteiger charge is 2.31. The lowest BCUT2D eigenvalue weighted by Crippen LogP contribution is -2.15. The largest absolute Gasteiger partial charge is 0.433 e. The van der Waals surface area contributed by atoms with Crippen molar-refractivity contribution in [1.82, 2.24) is 4.98 Å². The standard InChI is InChI=1S/C13H15F3N2/c14-13(15,16)12-7-6-11(9-18-12)17-8-10-4-2-1-3-5-10/h1-2,6-7,9-10,17H,3-5,8H2. The van der Waals surface area contributed by atoms with Crippen molar-refractivity contribution in [2.45, 2.75) is 25.4 Å². The molecule has 98 valence electrons. The van der Waals surface area contributed by atoms with Gasteiger partial charge in [-0.05, 0) is 37.3 Å². The maximum Gasteiger partial charge on any atom is 0.433 e. The first-order chi connectivity index (χ1) is 8.55. The fourth-order valence-corrected chi connectivity index (χ4v) is 1.97. The summed E-state index contributed by atoms with van der Waals surface area (Å²) in [4.78, 5) is 3.41. The van der Waals surface area contributed by atoms with E-state index in [1.54, 1.807) is 0 Å². The molecule has 5 heteroatoms. The number of hydrogen-bond donors (Lipinski definition) is 1. The Balaban J connectivity index is 1.88. The van der Waals surface area contributed by atoms with E-state index in [2.05, 4.69) is 22.5 Å². The van der Waals surface area contributed by atoms with Crippen LogP contribution in [0.5, 0.6) is 0 Å². The number of aromatic nitrogens is 1. The number of nitrogens with zero attached hydrogens (tertiary/aromatic N) is 1. The van der Waals surface area contributed by atoms with Gasteiger partial charge in [0.2, 0.25) is 0 Å². The van der Waals surface area contributed by atoms with Crippen LogP contribution in [0.3, 0.4) is 0 Å². The first-order valence-electron chi connectivity index (χ1n) is 5.98. The molecular formula is C13H15F3N2. The van der Waals surface area contributed by atoms with Crippen molar-refractivity contribution in [1.29, 1.82) is 0 Å². The SMILES string of the molecule is FC(F)(F)c1ccc(NCC2CC=CCC2)cn1. The van der Waals surface area contributed by atoms with Gasteiger partial charge >= 0.3 is 6.18 Å². The molecule has 0 amide bonds. The molecule has 0 saturated heterocycles. The lowest BCUT2D eigenvalue weighted by Gasteiger charge is -2.18.